The Labute approximate surface area is 124 Å². The van der Waals surface area contributed by atoms with Crippen molar-refractivity contribution < 1.29 is 9.84 Å². The highest BCUT2D eigenvalue weighted by Crippen LogP contribution is 2.68. The summed E-state index contributed by atoms with van der Waals surface area (Å²) in [5, 5.41) is 10.4. The van der Waals surface area contributed by atoms with Gasteiger partial charge < -0.3 is 9.84 Å². The summed E-state index contributed by atoms with van der Waals surface area (Å²) in [5.74, 6) is 0.908. The Bertz CT molecular complexity index is 356. The van der Waals surface area contributed by atoms with E-state index >= 15 is 0 Å². The molecule has 1 N–H and O–H groups in total. The van der Waals surface area contributed by atoms with Crippen LogP contribution < -0.4 is 0 Å². The highest BCUT2D eigenvalue weighted by Gasteiger charge is 2.60. The fourth-order valence-corrected chi connectivity index (χ4v) is 5.45. The molecule has 2 bridgehead atoms. The van der Waals surface area contributed by atoms with Gasteiger partial charge in [-0.2, -0.15) is 0 Å². The molecule has 0 saturated heterocycles. The maximum atomic E-state index is 10.4. The van der Waals surface area contributed by atoms with E-state index in [1.54, 1.807) is 0 Å². The summed E-state index contributed by atoms with van der Waals surface area (Å²) < 4.78 is 5.91. The minimum absolute atomic E-state index is 0.496. The molecule has 0 spiro atoms. The van der Waals surface area contributed by atoms with Gasteiger partial charge in [0, 0.05) is 12.8 Å². The second-order valence-corrected chi connectivity index (χ2v) is 8.45. The second kappa shape index (κ2) is 4.98. The molecular weight excluding hydrogens is 248 g/mol. The van der Waals surface area contributed by atoms with Gasteiger partial charge in [-0.15, -0.1) is 0 Å². The molecule has 3 rings (SSSR count). The fraction of sp³-hybridized carbons (Fsp3) is 1.00. The number of ether oxygens (including phenoxy) is 1. The molecule has 2 nitrogen and oxygen atoms in total. The molecule has 0 aromatic rings. The third-order valence-electron chi connectivity index (χ3n) is 7.45. The van der Waals surface area contributed by atoms with Crippen molar-refractivity contribution in [3.8, 4) is 0 Å². The lowest BCUT2D eigenvalue weighted by Gasteiger charge is -2.40. The zero-order valence-electron chi connectivity index (χ0n) is 13.6. The molecule has 0 heterocycles. The first-order chi connectivity index (χ1) is 9.37. The van der Waals surface area contributed by atoms with Crippen LogP contribution in [0.1, 0.15) is 78.6 Å². The van der Waals surface area contributed by atoms with Gasteiger partial charge >= 0.3 is 0 Å². The monoisotopic (exact) mass is 280 g/mol. The van der Waals surface area contributed by atoms with Gasteiger partial charge in [0.2, 0.25) is 0 Å². The van der Waals surface area contributed by atoms with Crippen LogP contribution in [0.15, 0.2) is 0 Å². The van der Waals surface area contributed by atoms with E-state index in [4.69, 9.17) is 4.74 Å². The maximum Gasteiger partial charge on any atom is 0.165 e. The van der Waals surface area contributed by atoms with Crippen molar-refractivity contribution in [2.24, 2.45) is 22.7 Å². The van der Waals surface area contributed by atoms with E-state index in [9.17, 15) is 5.11 Å². The van der Waals surface area contributed by atoms with E-state index in [0.717, 1.165) is 50.5 Å². The van der Waals surface area contributed by atoms with Crippen molar-refractivity contribution >= 4 is 0 Å². The lowest BCUT2D eigenvalue weighted by Crippen LogP contribution is -2.37. The van der Waals surface area contributed by atoms with Crippen LogP contribution in [0, 0.1) is 22.7 Å². The minimum Gasteiger partial charge on any atom is -0.365 e. The molecule has 3 aliphatic carbocycles. The molecule has 3 saturated carbocycles. The first-order valence-corrected chi connectivity index (χ1v) is 8.74. The highest BCUT2D eigenvalue weighted by atomic mass is 16.6. The molecule has 0 amide bonds. The van der Waals surface area contributed by atoms with Crippen molar-refractivity contribution in [3.63, 3.8) is 0 Å². The quantitative estimate of drug-likeness (QED) is 0.768. The Morgan fingerprint density at radius 1 is 1.05 bits per heavy atom. The summed E-state index contributed by atoms with van der Waals surface area (Å²) in [6.45, 7) is 8.19. The zero-order chi connectivity index (χ0) is 14.4. The lowest BCUT2D eigenvalue weighted by molar-refractivity contribution is -0.222. The van der Waals surface area contributed by atoms with Gasteiger partial charge in [-0.1, -0.05) is 27.2 Å². The van der Waals surface area contributed by atoms with E-state index in [0.29, 0.717) is 10.8 Å². The molecule has 3 fully saturated rings. The van der Waals surface area contributed by atoms with Gasteiger partial charge in [0.1, 0.15) is 0 Å². The van der Waals surface area contributed by atoms with Crippen LogP contribution in [0.2, 0.25) is 0 Å². The van der Waals surface area contributed by atoms with Crippen molar-refractivity contribution in [2.75, 3.05) is 6.61 Å². The molecule has 0 aliphatic heterocycles. The Balaban J connectivity index is 1.53. The molecule has 2 heteroatoms. The van der Waals surface area contributed by atoms with Gasteiger partial charge in [0.05, 0.1) is 6.61 Å². The van der Waals surface area contributed by atoms with E-state index < -0.39 is 5.79 Å². The molecule has 0 unspecified atom stereocenters. The van der Waals surface area contributed by atoms with E-state index in [1.807, 2.05) is 0 Å². The Hall–Kier alpha value is -0.0800. The maximum absolute atomic E-state index is 10.4. The lowest BCUT2D eigenvalue weighted by atomic mass is 9.66. The number of hydrogen-bond donors (Lipinski definition) is 1. The van der Waals surface area contributed by atoms with Crippen LogP contribution in [0.4, 0.5) is 0 Å². The predicted molar refractivity (Wildman–Crippen MR) is 81.3 cm³/mol. The van der Waals surface area contributed by atoms with Gasteiger partial charge in [-0.25, -0.2) is 0 Å². The van der Waals surface area contributed by atoms with E-state index in [2.05, 4.69) is 20.8 Å². The predicted octanol–water partition coefficient (Wildman–Crippen LogP) is 4.51. The molecule has 116 valence electrons. The summed E-state index contributed by atoms with van der Waals surface area (Å²) >= 11 is 0. The first-order valence-electron chi connectivity index (χ1n) is 8.74. The average Bonchev–Trinajstić information content (AvgIpc) is 2.72. The summed E-state index contributed by atoms with van der Waals surface area (Å²) in [6, 6.07) is 0. The summed E-state index contributed by atoms with van der Waals surface area (Å²) in [4.78, 5) is 0. The SMILES string of the molecule is CC1(C)[C@@H]2CC[C@@]1(C)[C@H](CCOC1(O)CCCCC1)C2. The Kier molecular flexibility index (Phi) is 3.70. The third-order valence-corrected chi connectivity index (χ3v) is 7.45. The smallest absolute Gasteiger partial charge is 0.165 e. The van der Waals surface area contributed by atoms with Gasteiger partial charge in [0.25, 0.3) is 0 Å². The average molecular weight is 280 g/mol. The zero-order valence-corrected chi connectivity index (χ0v) is 13.6. The number of fused-ring (bicyclic) bond motifs is 2. The van der Waals surface area contributed by atoms with Gasteiger partial charge in [-0.3, -0.25) is 0 Å². The molecular formula is C18H32O2. The van der Waals surface area contributed by atoms with Crippen LogP contribution >= 0.6 is 0 Å². The first kappa shape index (κ1) is 14.8. The molecule has 3 atom stereocenters. The normalized spacial score (nSPS) is 42.0. The summed E-state index contributed by atoms with van der Waals surface area (Å²) in [5.41, 5.74) is 0.996. The van der Waals surface area contributed by atoms with E-state index in [1.165, 1.54) is 25.7 Å². The number of rotatable bonds is 4. The topological polar surface area (TPSA) is 29.5 Å². The van der Waals surface area contributed by atoms with Crippen molar-refractivity contribution in [3.05, 3.63) is 0 Å². The molecule has 0 radical (unpaired) electrons. The van der Waals surface area contributed by atoms with E-state index in [-0.39, 0.29) is 0 Å². The van der Waals surface area contributed by atoms with Crippen molar-refractivity contribution in [2.45, 2.75) is 84.3 Å². The number of aliphatic hydroxyl groups is 1. The minimum atomic E-state index is -0.799. The summed E-state index contributed by atoms with van der Waals surface area (Å²) in [6.07, 6.45) is 10.5. The van der Waals surface area contributed by atoms with Crippen molar-refractivity contribution in [1.82, 2.24) is 0 Å². The molecule has 0 aromatic heterocycles. The largest absolute Gasteiger partial charge is 0.365 e. The van der Waals surface area contributed by atoms with Crippen LogP contribution in [-0.2, 0) is 4.74 Å². The van der Waals surface area contributed by atoms with Gasteiger partial charge in [-0.05, 0) is 61.2 Å². The number of hydrogen-bond acceptors (Lipinski definition) is 2. The van der Waals surface area contributed by atoms with Crippen LogP contribution in [0.5, 0.6) is 0 Å². The van der Waals surface area contributed by atoms with Crippen LogP contribution in [-0.4, -0.2) is 17.5 Å². The van der Waals surface area contributed by atoms with Gasteiger partial charge in [0.15, 0.2) is 5.79 Å². The van der Waals surface area contributed by atoms with Crippen LogP contribution in [0.3, 0.4) is 0 Å². The molecule has 20 heavy (non-hydrogen) atoms. The second-order valence-electron chi connectivity index (χ2n) is 8.45. The fourth-order valence-electron chi connectivity index (χ4n) is 5.45. The van der Waals surface area contributed by atoms with Crippen molar-refractivity contribution in [1.29, 1.82) is 0 Å². The third kappa shape index (κ3) is 2.23. The summed E-state index contributed by atoms with van der Waals surface area (Å²) in [7, 11) is 0. The Morgan fingerprint density at radius 2 is 1.75 bits per heavy atom. The highest BCUT2D eigenvalue weighted by molar-refractivity contribution is 5.09. The standard InChI is InChI=1S/C18H32O2/c1-16(2)14-7-11-17(16,3)15(13-14)8-12-20-18(19)9-5-4-6-10-18/h14-15,19H,4-13H2,1-3H3/t14-,15-,17+/m1/s1. The van der Waals surface area contributed by atoms with Crippen LogP contribution in [0.25, 0.3) is 0 Å². The Morgan fingerprint density at radius 3 is 2.30 bits per heavy atom. The molecule has 3 aliphatic rings. The molecule has 0 aromatic carbocycles.